The first kappa shape index (κ1) is 15.1. The summed E-state index contributed by atoms with van der Waals surface area (Å²) in [7, 11) is 0. The predicted octanol–water partition coefficient (Wildman–Crippen LogP) is 3.05. The van der Waals surface area contributed by atoms with Crippen LogP contribution in [0.2, 0.25) is 0 Å². The molecule has 0 atom stereocenters. The van der Waals surface area contributed by atoms with Crippen LogP contribution in [0, 0.1) is 0 Å². The number of rotatable bonds is 4. The molecule has 1 amide bonds. The topological polar surface area (TPSA) is 84.7 Å². The van der Waals surface area contributed by atoms with Crippen molar-refractivity contribution in [1.82, 2.24) is 25.1 Å². The van der Waals surface area contributed by atoms with Crippen molar-refractivity contribution in [3.8, 4) is 11.5 Å². The third-order valence-corrected chi connectivity index (χ3v) is 5.10. The standard InChI is InChI=1S/C19H18N6O/c26-19-17-12(10-20-19)4-1-7-14(17)22-16-9-3-8-15(23-16)18-24-21-11-25(18)13-5-2-6-13/h1,3-4,7-9,11,13H,2,5-6,10H2,(H,20,26)(H,22,23). The van der Waals surface area contributed by atoms with Crippen molar-refractivity contribution >= 4 is 17.4 Å². The van der Waals surface area contributed by atoms with E-state index >= 15 is 0 Å². The third kappa shape index (κ3) is 2.44. The molecule has 7 nitrogen and oxygen atoms in total. The van der Waals surface area contributed by atoms with E-state index in [1.165, 1.54) is 6.42 Å². The summed E-state index contributed by atoms with van der Waals surface area (Å²) in [5.74, 6) is 1.41. The molecule has 0 radical (unpaired) electrons. The van der Waals surface area contributed by atoms with E-state index in [1.54, 1.807) is 6.33 Å². The average molecular weight is 346 g/mol. The molecule has 0 unspecified atom stereocenters. The number of amides is 1. The van der Waals surface area contributed by atoms with Crippen molar-refractivity contribution in [2.75, 3.05) is 5.32 Å². The lowest BCUT2D eigenvalue weighted by Gasteiger charge is -2.27. The number of carbonyl (C=O) groups is 1. The van der Waals surface area contributed by atoms with Gasteiger partial charge in [-0.05, 0) is 43.0 Å². The van der Waals surface area contributed by atoms with Gasteiger partial charge in [-0.1, -0.05) is 18.2 Å². The first-order chi connectivity index (χ1) is 12.8. The molecule has 3 aromatic rings. The van der Waals surface area contributed by atoms with E-state index in [4.69, 9.17) is 4.98 Å². The highest BCUT2D eigenvalue weighted by Gasteiger charge is 2.24. The summed E-state index contributed by atoms with van der Waals surface area (Å²) in [4.78, 5) is 16.8. The van der Waals surface area contributed by atoms with Crippen LogP contribution in [0.15, 0.2) is 42.7 Å². The Kier molecular flexibility index (Phi) is 3.44. The van der Waals surface area contributed by atoms with Crippen molar-refractivity contribution in [3.05, 3.63) is 53.9 Å². The molecule has 3 heterocycles. The molecule has 1 saturated carbocycles. The minimum Gasteiger partial charge on any atom is -0.348 e. The zero-order valence-corrected chi connectivity index (χ0v) is 14.1. The fourth-order valence-corrected chi connectivity index (χ4v) is 3.51. The van der Waals surface area contributed by atoms with Crippen LogP contribution in [0.1, 0.15) is 41.2 Å². The number of nitrogens with one attached hydrogen (secondary N) is 2. The van der Waals surface area contributed by atoms with E-state index in [0.717, 1.165) is 35.6 Å². The smallest absolute Gasteiger partial charge is 0.254 e. The van der Waals surface area contributed by atoms with E-state index in [1.807, 2.05) is 36.4 Å². The highest BCUT2D eigenvalue weighted by molar-refractivity contribution is 6.04. The number of pyridine rings is 1. The van der Waals surface area contributed by atoms with Crippen LogP contribution < -0.4 is 10.6 Å². The molecule has 5 rings (SSSR count). The van der Waals surface area contributed by atoms with Crippen molar-refractivity contribution in [1.29, 1.82) is 0 Å². The van der Waals surface area contributed by atoms with E-state index in [9.17, 15) is 4.79 Å². The predicted molar refractivity (Wildman–Crippen MR) is 97.0 cm³/mol. The Morgan fingerprint density at radius 2 is 2.04 bits per heavy atom. The normalized spacial score (nSPS) is 16.1. The second-order valence-electron chi connectivity index (χ2n) is 6.70. The zero-order valence-electron chi connectivity index (χ0n) is 14.1. The van der Waals surface area contributed by atoms with Crippen LogP contribution in [0.3, 0.4) is 0 Å². The Bertz CT molecular complexity index is 991. The highest BCUT2D eigenvalue weighted by atomic mass is 16.1. The van der Waals surface area contributed by atoms with Gasteiger partial charge in [-0.25, -0.2) is 4.98 Å². The van der Waals surface area contributed by atoms with Gasteiger partial charge in [0.1, 0.15) is 17.8 Å². The van der Waals surface area contributed by atoms with Gasteiger partial charge in [0.2, 0.25) is 0 Å². The van der Waals surface area contributed by atoms with Crippen LogP contribution in [-0.4, -0.2) is 25.7 Å². The third-order valence-electron chi connectivity index (χ3n) is 5.10. The summed E-state index contributed by atoms with van der Waals surface area (Å²) < 4.78 is 2.11. The van der Waals surface area contributed by atoms with Crippen molar-refractivity contribution in [3.63, 3.8) is 0 Å². The van der Waals surface area contributed by atoms with E-state index in [0.29, 0.717) is 24.0 Å². The van der Waals surface area contributed by atoms with E-state index in [2.05, 4.69) is 25.4 Å². The average Bonchev–Trinajstić information content (AvgIpc) is 3.22. The maximum atomic E-state index is 12.1. The monoisotopic (exact) mass is 346 g/mol. The Labute approximate surface area is 150 Å². The van der Waals surface area contributed by atoms with Crippen LogP contribution in [-0.2, 0) is 6.54 Å². The second kappa shape index (κ2) is 5.94. The Hall–Kier alpha value is -3.22. The number of aromatic nitrogens is 4. The Morgan fingerprint density at radius 1 is 1.15 bits per heavy atom. The van der Waals surface area contributed by atoms with E-state index in [-0.39, 0.29) is 5.91 Å². The molecule has 0 spiro atoms. The largest absolute Gasteiger partial charge is 0.348 e. The number of fused-ring (bicyclic) bond motifs is 1. The van der Waals surface area contributed by atoms with Crippen LogP contribution in [0.25, 0.3) is 11.5 Å². The van der Waals surface area contributed by atoms with Crippen LogP contribution in [0.4, 0.5) is 11.5 Å². The van der Waals surface area contributed by atoms with Gasteiger partial charge < -0.3 is 15.2 Å². The van der Waals surface area contributed by atoms with Gasteiger partial charge in [-0.2, -0.15) is 0 Å². The minimum atomic E-state index is -0.0519. The molecule has 1 aliphatic carbocycles. The summed E-state index contributed by atoms with van der Waals surface area (Å²) in [5.41, 5.74) is 3.23. The molecule has 2 aromatic heterocycles. The molecule has 2 N–H and O–H groups in total. The fraction of sp³-hybridized carbons (Fsp3) is 0.263. The Balaban J connectivity index is 1.48. The lowest BCUT2D eigenvalue weighted by atomic mass is 9.93. The minimum absolute atomic E-state index is 0.0519. The summed E-state index contributed by atoms with van der Waals surface area (Å²) in [5, 5.41) is 14.5. The van der Waals surface area contributed by atoms with Crippen LogP contribution in [0.5, 0.6) is 0 Å². The molecular formula is C19H18N6O. The zero-order chi connectivity index (χ0) is 17.5. The van der Waals surface area contributed by atoms with Crippen molar-refractivity contribution < 1.29 is 4.79 Å². The SMILES string of the molecule is O=C1NCc2cccc(Nc3cccc(-c4nncn4C4CCC4)n3)c21. The number of hydrogen-bond donors (Lipinski definition) is 2. The van der Waals surface area contributed by atoms with Gasteiger partial charge in [0.15, 0.2) is 5.82 Å². The van der Waals surface area contributed by atoms with Gasteiger partial charge in [-0.3, -0.25) is 4.79 Å². The molecule has 7 heteroatoms. The molecule has 2 aliphatic rings. The maximum Gasteiger partial charge on any atom is 0.254 e. The maximum absolute atomic E-state index is 12.1. The molecular weight excluding hydrogens is 328 g/mol. The van der Waals surface area contributed by atoms with Crippen molar-refractivity contribution in [2.45, 2.75) is 31.8 Å². The molecule has 1 aliphatic heterocycles. The fourth-order valence-electron chi connectivity index (χ4n) is 3.51. The van der Waals surface area contributed by atoms with Gasteiger partial charge in [0, 0.05) is 12.6 Å². The van der Waals surface area contributed by atoms with Crippen LogP contribution >= 0.6 is 0 Å². The number of carbonyl (C=O) groups excluding carboxylic acids is 1. The molecule has 1 aromatic carbocycles. The molecule has 0 saturated heterocycles. The first-order valence-electron chi connectivity index (χ1n) is 8.83. The molecule has 0 bridgehead atoms. The van der Waals surface area contributed by atoms with Gasteiger partial charge in [-0.15, -0.1) is 10.2 Å². The van der Waals surface area contributed by atoms with Gasteiger partial charge in [0.25, 0.3) is 5.91 Å². The number of nitrogens with zero attached hydrogens (tertiary/aromatic N) is 4. The summed E-state index contributed by atoms with van der Waals surface area (Å²) in [6.45, 7) is 0.571. The van der Waals surface area contributed by atoms with Crippen molar-refractivity contribution in [2.24, 2.45) is 0 Å². The van der Waals surface area contributed by atoms with Gasteiger partial charge >= 0.3 is 0 Å². The Morgan fingerprint density at radius 3 is 2.88 bits per heavy atom. The molecule has 1 fully saturated rings. The second-order valence-corrected chi connectivity index (χ2v) is 6.70. The van der Waals surface area contributed by atoms with E-state index < -0.39 is 0 Å². The lowest BCUT2D eigenvalue weighted by molar-refractivity contribution is 0.0966. The summed E-state index contributed by atoms with van der Waals surface area (Å²) in [6, 6.07) is 12.0. The first-order valence-corrected chi connectivity index (χ1v) is 8.83. The number of hydrogen-bond acceptors (Lipinski definition) is 5. The summed E-state index contributed by atoms with van der Waals surface area (Å²) in [6.07, 6.45) is 5.36. The molecule has 26 heavy (non-hydrogen) atoms. The highest BCUT2D eigenvalue weighted by Crippen LogP contribution is 2.34. The summed E-state index contributed by atoms with van der Waals surface area (Å²) >= 11 is 0. The van der Waals surface area contributed by atoms with Gasteiger partial charge in [0.05, 0.1) is 11.3 Å². The lowest BCUT2D eigenvalue weighted by Crippen LogP contribution is -2.17. The number of benzene rings is 1. The number of anilines is 2. The molecule has 130 valence electrons. The quantitative estimate of drug-likeness (QED) is 0.758.